The molecule has 2 aromatic heterocycles. The number of fused-ring (bicyclic) bond motifs is 7. The molecule has 0 saturated heterocycles. The minimum Gasteiger partial charge on any atom is -0.357 e. The summed E-state index contributed by atoms with van der Waals surface area (Å²) in [5, 5.41) is 1.30. The Morgan fingerprint density at radius 3 is 2.62 bits per heavy atom. The molecule has 3 aliphatic rings. The van der Waals surface area contributed by atoms with Crippen LogP contribution in [0.15, 0.2) is 165 Å². The third-order valence-corrected chi connectivity index (χ3v) is 8.86. The summed E-state index contributed by atoms with van der Waals surface area (Å²) >= 11 is 0. The maximum absolute atomic E-state index is 4.37. The minimum absolute atomic E-state index is 0.175. The zero-order chi connectivity index (χ0) is 31.2. The quantitative estimate of drug-likeness (QED) is 0.228. The molecular formula is C43H42N2. The highest BCUT2D eigenvalue weighted by atomic mass is 15.1. The summed E-state index contributed by atoms with van der Waals surface area (Å²) in [6, 6.07) is 8.94. The Kier molecular flexibility index (Phi) is 9.12. The highest BCUT2D eigenvalue weighted by Crippen LogP contribution is 2.56. The summed E-state index contributed by atoms with van der Waals surface area (Å²) in [6.07, 6.45) is 43.6. The lowest BCUT2D eigenvalue weighted by Crippen LogP contribution is -2.16. The Hall–Kier alpha value is -5.08. The molecule has 6 rings (SSSR count). The second-order valence-electron chi connectivity index (χ2n) is 11.8. The fraction of sp³-hybridized carbons (Fsp3) is 0.163. The van der Waals surface area contributed by atoms with Crippen molar-refractivity contribution in [2.75, 3.05) is 0 Å². The zero-order valence-corrected chi connectivity index (χ0v) is 26.2. The first-order valence-electron chi connectivity index (χ1n) is 16.0. The van der Waals surface area contributed by atoms with E-state index in [-0.39, 0.29) is 17.9 Å². The number of benzene rings is 1. The second kappa shape index (κ2) is 13.7. The number of allylic oxidation sites excluding steroid dienone is 20. The monoisotopic (exact) mass is 586 g/mol. The molecule has 0 saturated carbocycles. The van der Waals surface area contributed by atoms with E-state index < -0.39 is 0 Å². The van der Waals surface area contributed by atoms with E-state index in [2.05, 4.69) is 145 Å². The molecule has 45 heavy (non-hydrogen) atoms. The van der Waals surface area contributed by atoms with Gasteiger partial charge in [-0.1, -0.05) is 147 Å². The third kappa shape index (κ3) is 6.01. The van der Waals surface area contributed by atoms with Crippen molar-refractivity contribution < 1.29 is 0 Å². The van der Waals surface area contributed by atoms with E-state index in [1.807, 2.05) is 31.2 Å². The van der Waals surface area contributed by atoms with Gasteiger partial charge in [-0.2, -0.15) is 0 Å². The lowest BCUT2D eigenvalue weighted by molar-refractivity contribution is 0.530. The Morgan fingerprint density at radius 2 is 1.78 bits per heavy atom. The van der Waals surface area contributed by atoms with Gasteiger partial charge in [-0.3, -0.25) is 0 Å². The predicted molar refractivity (Wildman–Crippen MR) is 195 cm³/mol. The molecule has 0 amide bonds. The van der Waals surface area contributed by atoms with Crippen molar-refractivity contribution in [3.05, 3.63) is 187 Å². The van der Waals surface area contributed by atoms with Crippen molar-refractivity contribution in [2.45, 2.75) is 38.1 Å². The smallest absolute Gasteiger partial charge is 0.0554 e. The van der Waals surface area contributed by atoms with Gasteiger partial charge in [0.05, 0.1) is 6.04 Å². The summed E-state index contributed by atoms with van der Waals surface area (Å²) in [7, 11) is 0. The Labute approximate surface area is 268 Å². The molecule has 3 aromatic rings. The number of rotatable bonds is 10. The summed E-state index contributed by atoms with van der Waals surface area (Å²) in [4.78, 5) is 3.89. The number of hydrogen-bond donors (Lipinski definition) is 1. The topological polar surface area (TPSA) is 20.7 Å². The van der Waals surface area contributed by atoms with Crippen LogP contribution >= 0.6 is 0 Å². The lowest BCUT2D eigenvalue weighted by Gasteiger charge is -2.25. The van der Waals surface area contributed by atoms with Crippen LogP contribution in [0.2, 0.25) is 0 Å². The number of hydrogen-bond acceptors (Lipinski definition) is 0. The Balaban J connectivity index is 1.49. The third-order valence-electron chi connectivity index (χ3n) is 8.86. The van der Waals surface area contributed by atoms with Crippen molar-refractivity contribution in [1.82, 2.24) is 9.55 Å². The van der Waals surface area contributed by atoms with Crippen molar-refractivity contribution in [2.24, 2.45) is 5.92 Å². The predicted octanol–water partition coefficient (Wildman–Crippen LogP) is 11.4. The maximum Gasteiger partial charge on any atom is 0.0554 e. The van der Waals surface area contributed by atoms with Crippen LogP contribution in [0.25, 0.3) is 28.1 Å². The van der Waals surface area contributed by atoms with Crippen molar-refractivity contribution >= 4 is 17.0 Å². The van der Waals surface area contributed by atoms with E-state index in [9.17, 15) is 0 Å². The second-order valence-corrected chi connectivity index (χ2v) is 11.8. The molecule has 3 atom stereocenters. The standard InChI is InChI=1S/C43H42N2/c1-5-8-11-13-20-33(18-10-7-3)30-37-42-40(35-23-14-15-25-38(35)44-42)41-36-24-17-26-39(36)45(43(37)41)34-22-16-21-32(19-12-9-6-2)29-31(4)27-28-34/h5-21,23-25,27-29,33-34,37,44H,1,3-4,22,26,30H2,2H3/b9-6-,11-8-,18-10?,19-12-,20-13?,21-16-,28-27-,32-29-. The molecule has 224 valence electrons. The summed E-state index contributed by atoms with van der Waals surface area (Å²) in [5.41, 5.74) is 11.7. The molecule has 2 nitrogen and oxygen atoms in total. The van der Waals surface area contributed by atoms with Crippen LogP contribution in [0.4, 0.5) is 0 Å². The van der Waals surface area contributed by atoms with E-state index in [4.69, 9.17) is 0 Å². The van der Waals surface area contributed by atoms with E-state index >= 15 is 0 Å². The van der Waals surface area contributed by atoms with Crippen molar-refractivity contribution in [3.63, 3.8) is 0 Å². The lowest BCUT2D eigenvalue weighted by atomic mass is 9.90. The summed E-state index contributed by atoms with van der Waals surface area (Å²) in [5.74, 6) is 0.437. The van der Waals surface area contributed by atoms with Crippen LogP contribution in [-0.2, 0) is 6.42 Å². The van der Waals surface area contributed by atoms with Crippen LogP contribution in [0, 0.1) is 5.92 Å². The van der Waals surface area contributed by atoms with Gasteiger partial charge in [-0.05, 0) is 49.0 Å². The first kappa shape index (κ1) is 30.0. The van der Waals surface area contributed by atoms with Gasteiger partial charge in [-0.25, -0.2) is 0 Å². The Bertz CT molecular complexity index is 1900. The summed E-state index contributed by atoms with van der Waals surface area (Å²) < 4.78 is 2.67. The van der Waals surface area contributed by atoms with E-state index in [0.717, 1.165) is 30.4 Å². The molecule has 3 aliphatic carbocycles. The highest BCUT2D eigenvalue weighted by molar-refractivity contribution is 6.04. The van der Waals surface area contributed by atoms with Gasteiger partial charge in [0, 0.05) is 57.0 Å². The molecule has 2 heterocycles. The van der Waals surface area contributed by atoms with Gasteiger partial charge in [0.1, 0.15) is 0 Å². The maximum atomic E-state index is 4.37. The highest BCUT2D eigenvalue weighted by Gasteiger charge is 2.41. The van der Waals surface area contributed by atoms with E-state index in [1.165, 1.54) is 44.7 Å². The number of H-pyrrole nitrogens is 1. The molecule has 0 aliphatic heterocycles. The summed E-state index contributed by atoms with van der Waals surface area (Å²) in [6.45, 7) is 14.2. The number of nitrogens with zero attached hydrogens (tertiary/aromatic N) is 1. The van der Waals surface area contributed by atoms with E-state index in [0.29, 0.717) is 0 Å². The van der Waals surface area contributed by atoms with Crippen molar-refractivity contribution in [1.29, 1.82) is 0 Å². The molecule has 1 N–H and O–H groups in total. The van der Waals surface area contributed by atoms with Gasteiger partial charge in [0.2, 0.25) is 0 Å². The molecule has 1 aromatic carbocycles. The number of aromatic amines is 1. The minimum atomic E-state index is 0.175. The fourth-order valence-corrected chi connectivity index (χ4v) is 7.00. The van der Waals surface area contributed by atoms with Gasteiger partial charge in [0.15, 0.2) is 0 Å². The molecule has 3 unspecified atom stereocenters. The largest absolute Gasteiger partial charge is 0.357 e. The molecule has 0 spiro atoms. The fourth-order valence-electron chi connectivity index (χ4n) is 7.00. The number of para-hydroxylation sites is 1. The molecule has 0 fully saturated rings. The van der Waals surface area contributed by atoms with Gasteiger partial charge < -0.3 is 9.55 Å². The number of aromatic nitrogens is 2. The SMILES string of the molecule is C=CC=CC(C=C/C=C\C=C)CC1c2[nH]c3ccccc3c2-c2c3c(n(C4/C=C\C(=C)/C=C(/C=C\C=C/C)\C=C/C4)c21)CC=C3. The van der Waals surface area contributed by atoms with Crippen LogP contribution in [0.1, 0.15) is 54.4 Å². The van der Waals surface area contributed by atoms with Gasteiger partial charge in [0.25, 0.3) is 0 Å². The average molecular weight is 587 g/mol. The normalized spacial score (nSPS) is 22.6. The first-order chi connectivity index (χ1) is 22.1. The average Bonchev–Trinajstić information content (AvgIpc) is 3.80. The molecule has 0 radical (unpaired) electrons. The van der Waals surface area contributed by atoms with Gasteiger partial charge in [-0.15, -0.1) is 0 Å². The van der Waals surface area contributed by atoms with Crippen LogP contribution in [0.5, 0.6) is 0 Å². The molecular weight excluding hydrogens is 544 g/mol. The van der Waals surface area contributed by atoms with Crippen LogP contribution < -0.4 is 0 Å². The van der Waals surface area contributed by atoms with E-state index in [1.54, 1.807) is 0 Å². The van der Waals surface area contributed by atoms with Crippen molar-refractivity contribution in [3.8, 4) is 11.1 Å². The Morgan fingerprint density at radius 1 is 0.933 bits per heavy atom. The molecule has 0 bridgehead atoms. The van der Waals surface area contributed by atoms with Crippen LogP contribution in [-0.4, -0.2) is 9.55 Å². The van der Waals surface area contributed by atoms with Crippen LogP contribution in [0.3, 0.4) is 0 Å². The molecule has 2 heteroatoms. The number of nitrogens with one attached hydrogen (secondary N) is 1. The first-order valence-corrected chi connectivity index (χ1v) is 16.0. The van der Waals surface area contributed by atoms with Gasteiger partial charge >= 0.3 is 0 Å². The zero-order valence-electron chi connectivity index (χ0n) is 26.2.